The maximum Gasteiger partial charge on any atom is 0.100 e. The number of rotatable bonds is 3. The summed E-state index contributed by atoms with van der Waals surface area (Å²) in [5.41, 5.74) is 13.0. The molecule has 0 aliphatic carbocycles. The third-order valence-electron chi connectivity index (χ3n) is 4.69. The van der Waals surface area contributed by atoms with E-state index >= 15 is 0 Å². The lowest BCUT2D eigenvalue weighted by atomic mass is 10.1. The van der Waals surface area contributed by atoms with Gasteiger partial charge < -0.3 is 10.3 Å². The van der Waals surface area contributed by atoms with E-state index in [2.05, 4.69) is 38.9 Å². The number of nitrogen functional groups attached to an aromatic ring is 1. The van der Waals surface area contributed by atoms with E-state index < -0.39 is 0 Å². The highest BCUT2D eigenvalue weighted by Crippen LogP contribution is 2.27. The predicted molar refractivity (Wildman–Crippen MR) is 107 cm³/mol. The molecule has 0 saturated carbocycles. The number of nitrogens with zero attached hydrogens (tertiary/aromatic N) is 5. The molecule has 0 fully saturated rings. The molecule has 5 aromatic rings. The van der Waals surface area contributed by atoms with Gasteiger partial charge in [0.15, 0.2) is 0 Å². The van der Waals surface area contributed by atoms with Gasteiger partial charge in [0.25, 0.3) is 0 Å². The van der Waals surface area contributed by atoms with Crippen LogP contribution in [0.3, 0.4) is 0 Å². The highest BCUT2D eigenvalue weighted by molar-refractivity contribution is 5.83. The summed E-state index contributed by atoms with van der Waals surface area (Å²) in [6.45, 7) is 0. The molecular formula is C21H18N6. The van der Waals surface area contributed by atoms with E-state index in [4.69, 9.17) is 5.73 Å². The summed E-state index contributed by atoms with van der Waals surface area (Å²) in [5.74, 6) is 0. The third-order valence-corrected chi connectivity index (χ3v) is 4.69. The van der Waals surface area contributed by atoms with Crippen LogP contribution in [0.2, 0.25) is 0 Å². The van der Waals surface area contributed by atoms with Crippen LogP contribution in [0.1, 0.15) is 0 Å². The van der Waals surface area contributed by atoms with Crippen LogP contribution < -0.4 is 5.73 Å². The van der Waals surface area contributed by atoms with E-state index in [1.54, 1.807) is 4.68 Å². The Balaban J connectivity index is 1.62. The summed E-state index contributed by atoms with van der Waals surface area (Å²) < 4.78 is 5.90. The predicted octanol–water partition coefficient (Wildman–Crippen LogP) is 3.80. The monoisotopic (exact) mass is 354 g/mol. The Morgan fingerprint density at radius 2 is 1.74 bits per heavy atom. The number of anilines is 1. The Bertz CT molecular complexity index is 1240. The Morgan fingerprint density at radius 1 is 0.926 bits per heavy atom. The summed E-state index contributed by atoms with van der Waals surface area (Å²) in [6.07, 6.45) is 9.71. The number of imidazole rings is 1. The van der Waals surface area contributed by atoms with Crippen LogP contribution in [-0.2, 0) is 7.05 Å². The number of nitrogens with two attached hydrogens (primary N) is 1. The lowest BCUT2D eigenvalue weighted by Crippen LogP contribution is -1.98. The van der Waals surface area contributed by atoms with Gasteiger partial charge in [0.2, 0.25) is 0 Å². The second kappa shape index (κ2) is 5.88. The van der Waals surface area contributed by atoms with Crippen molar-refractivity contribution in [1.82, 2.24) is 23.9 Å². The number of fused-ring (bicyclic) bond motifs is 1. The van der Waals surface area contributed by atoms with Gasteiger partial charge in [-0.25, -0.2) is 4.98 Å². The highest BCUT2D eigenvalue weighted by Gasteiger charge is 2.09. The topological polar surface area (TPSA) is 66.6 Å². The van der Waals surface area contributed by atoms with Crippen molar-refractivity contribution in [2.24, 2.45) is 7.05 Å². The molecule has 6 nitrogen and oxygen atoms in total. The molecule has 6 heteroatoms. The summed E-state index contributed by atoms with van der Waals surface area (Å²) in [7, 11) is 1.92. The highest BCUT2D eigenvalue weighted by atomic mass is 15.2. The van der Waals surface area contributed by atoms with Gasteiger partial charge in [-0.05, 0) is 48.0 Å². The average Bonchev–Trinajstić information content (AvgIpc) is 3.41. The fourth-order valence-corrected chi connectivity index (χ4v) is 3.38. The van der Waals surface area contributed by atoms with Crippen LogP contribution in [0.5, 0.6) is 0 Å². The smallest absolute Gasteiger partial charge is 0.100 e. The fraction of sp³-hybridized carbons (Fsp3) is 0.0476. The SMILES string of the molecule is Cn1cc(-c2ccc3c(c2)ncn3-c2cc(N)cc(-n3cccc3)c2)cn1. The van der Waals surface area contributed by atoms with Crippen molar-refractivity contribution in [3.05, 3.63) is 79.6 Å². The van der Waals surface area contributed by atoms with Crippen molar-refractivity contribution in [3.63, 3.8) is 0 Å². The minimum absolute atomic E-state index is 0.713. The van der Waals surface area contributed by atoms with Crippen LogP contribution in [-0.4, -0.2) is 23.9 Å². The van der Waals surface area contributed by atoms with E-state index in [1.165, 1.54) is 0 Å². The molecule has 2 N–H and O–H groups in total. The largest absolute Gasteiger partial charge is 0.399 e. The van der Waals surface area contributed by atoms with E-state index in [0.717, 1.165) is 33.5 Å². The molecule has 0 radical (unpaired) electrons. The van der Waals surface area contributed by atoms with Gasteiger partial charge in [-0.15, -0.1) is 0 Å². The number of hydrogen-bond acceptors (Lipinski definition) is 3. The van der Waals surface area contributed by atoms with E-state index in [-0.39, 0.29) is 0 Å². The number of aromatic nitrogens is 5. The lowest BCUT2D eigenvalue weighted by Gasteiger charge is -2.10. The van der Waals surface area contributed by atoms with Crippen LogP contribution in [0.15, 0.2) is 79.6 Å². The molecule has 0 bridgehead atoms. The minimum atomic E-state index is 0.713. The van der Waals surface area contributed by atoms with Crippen molar-refractivity contribution in [2.75, 3.05) is 5.73 Å². The quantitative estimate of drug-likeness (QED) is 0.501. The first-order valence-electron chi connectivity index (χ1n) is 8.68. The van der Waals surface area contributed by atoms with E-state index in [9.17, 15) is 0 Å². The normalized spacial score (nSPS) is 11.3. The molecule has 0 aliphatic rings. The van der Waals surface area contributed by atoms with Crippen LogP contribution in [0, 0.1) is 0 Å². The maximum absolute atomic E-state index is 6.16. The second-order valence-corrected chi connectivity index (χ2v) is 6.59. The first kappa shape index (κ1) is 15.5. The molecule has 3 heterocycles. The molecular weight excluding hydrogens is 336 g/mol. The number of aryl methyl sites for hydroxylation is 1. The zero-order valence-corrected chi connectivity index (χ0v) is 14.8. The Kier molecular flexibility index (Phi) is 3.36. The molecule has 0 saturated heterocycles. The van der Waals surface area contributed by atoms with Gasteiger partial charge in [0.05, 0.1) is 22.9 Å². The number of benzene rings is 2. The molecule has 0 atom stereocenters. The van der Waals surface area contributed by atoms with Crippen molar-refractivity contribution >= 4 is 16.7 Å². The van der Waals surface area contributed by atoms with Crippen molar-refractivity contribution < 1.29 is 0 Å². The molecule has 0 aliphatic heterocycles. The first-order chi connectivity index (χ1) is 13.2. The lowest BCUT2D eigenvalue weighted by molar-refractivity contribution is 0.768. The third kappa shape index (κ3) is 2.67. The van der Waals surface area contributed by atoms with Gasteiger partial charge in [-0.3, -0.25) is 9.25 Å². The molecule has 0 unspecified atom stereocenters. The van der Waals surface area contributed by atoms with Crippen molar-refractivity contribution in [1.29, 1.82) is 0 Å². The second-order valence-electron chi connectivity index (χ2n) is 6.59. The Labute approximate surface area is 156 Å². The average molecular weight is 354 g/mol. The summed E-state index contributed by atoms with van der Waals surface area (Å²) in [4.78, 5) is 4.60. The van der Waals surface area contributed by atoms with Gasteiger partial charge in [-0.2, -0.15) is 5.10 Å². The van der Waals surface area contributed by atoms with Crippen molar-refractivity contribution in [2.45, 2.75) is 0 Å². The summed E-state index contributed by atoms with van der Waals surface area (Å²) in [5, 5.41) is 4.24. The Morgan fingerprint density at radius 3 is 2.52 bits per heavy atom. The van der Waals surface area contributed by atoms with Crippen LogP contribution in [0.4, 0.5) is 5.69 Å². The molecule has 0 amide bonds. The molecule has 2 aromatic carbocycles. The zero-order chi connectivity index (χ0) is 18.4. The molecule has 3 aromatic heterocycles. The van der Waals surface area contributed by atoms with E-state index in [0.29, 0.717) is 5.69 Å². The molecule has 0 spiro atoms. The van der Waals surface area contributed by atoms with Gasteiger partial charge in [0.1, 0.15) is 6.33 Å². The maximum atomic E-state index is 6.16. The Hall–Kier alpha value is -3.80. The molecule has 132 valence electrons. The van der Waals surface area contributed by atoms with Gasteiger partial charge in [0, 0.05) is 42.6 Å². The standard InChI is InChI=1S/C21H18N6/c1-25-13-16(12-24-25)15-4-5-21-20(8-15)23-14-27(21)19-10-17(22)9-18(11-19)26-6-2-3-7-26/h2-14H,22H2,1H3. The van der Waals surface area contributed by atoms with Crippen molar-refractivity contribution in [3.8, 4) is 22.5 Å². The van der Waals surface area contributed by atoms with Gasteiger partial charge >= 0.3 is 0 Å². The van der Waals surface area contributed by atoms with Gasteiger partial charge in [-0.1, -0.05) is 6.07 Å². The summed E-state index contributed by atoms with van der Waals surface area (Å²) >= 11 is 0. The molecule has 27 heavy (non-hydrogen) atoms. The zero-order valence-electron chi connectivity index (χ0n) is 14.8. The summed E-state index contributed by atoms with van der Waals surface area (Å²) in [6, 6.07) is 16.3. The van der Waals surface area contributed by atoms with Crippen LogP contribution in [0.25, 0.3) is 33.5 Å². The minimum Gasteiger partial charge on any atom is -0.399 e. The first-order valence-corrected chi connectivity index (χ1v) is 8.68. The molecule has 5 rings (SSSR count). The fourth-order valence-electron chi connectivity index (χ4n) is 3.38. The van der Waals surface area contributed by atoms with E-state index in [1.807, 2.05) is 67.0 Å². The van der Waals surface area contributed by atoms with Crippen LogP contribution >= 0.6 is 0 Å². The number of hydrogen-bond donors (Lipinski definition) is 1.